The summed E-state index contributed by atoms with van der Waals surface area (Å²) in [6, 6.07) is 24.4. The number of nitrogens with zero attached hydrogens (tertiary/aromatic N) is 1. The van der Waals surface area contributed by atoms with E-state index < -0.39 is 12.1 Å². The molecule has 1 N–H and O–H groups in total. The van der Waals surface area contributed by atoms with Crippen molar-refractivity contribution in [3.8, 4) is 11.5 Å². The van der Waals surface area contributed by atoms with Gasteiger partial charge in [-0.2, -0.15) is 0 Å². The normalized spacial score (nSPS) is 12.0. The molecule has 0 fully saturated rings. The third-order valence-electron chi connectivity index (χ3n) is 4.94. The number of aliphatic hydroxyl groups is 1. The van der Waals surface area contributed by atoms with Gasteiger partial charge in [0.05, 0.1) is 19.1 Å². The van der Waals surface area contributed by atoms with Crippen LogP contribution in [0.25, 0.3) is 0 Å². The zero-order valence-electron chi connectivity index (χ0n) is 19.3. The molecule has 34 heavy (non-hydrogen) atoms. The van der Waals surface area contributed by atoms with Gasteiger partial charge in [0.2, 0.25) is 0 Å². The Kier molecular flexibility index (Phi) is 9.49. The lowest BCUT2D eigenvalue weighted by molar-refractivity contribution is -0.145. The number of rotatable bonds is 12. The van der Waals surface area contributed by atoms with Crippen LogP contribution in [0.4, 0.5) is 0 Å². The smallest absolute Gasteiger partial charge is 0.308 e. The Morgan fingerprint density at radius 1 is 0.912 bits per heavy atom. The van der Waals surface area contributed by atoms with Crippen LogP contribution in [0.5, 0.6) is 11.5 Å². The second-order valence-corrected chi connectivity index (χ2v) is 7.40. The predicted molar refractivity (Wildman–Crippen MR) is 129 cm³/mol. The third kappa shape index (κ3) is 7.64. The fourth-order valence-corrected chi connectivity index (χ4v) is 3.19. The Hall–Kier alpha value is -3.84. The second kappa shape index (κ2) is 13.0. The summed E-state index contributed by atoms with van der Waals surface area (Å²) in [7, 11) is 1.51. The van der Waals surface area contributed by atoms with Gasteiger partial charge in [0, 0.05) is 5.56 Å². The molecule has 3 rings (SSSR count). The first-order valence-electron chi connectivity index (χ1n) is 11.0. The molecule has 0 aliphatic carbocycles. The van der Waals surface area contributed by atoms with Crippen molar-refractivity contribution in [2.45, 2.75) is 26.1 Å². The van der Waals surface area contributed by atoms with Crippen LogP contribution < -0.4 is 9.47 Å². The van der Waals surface area contributed by atoms with Crippen molar-refractivity contribution in [3.05, 3.63) is 95.6 Å². The Morgan fingerprint density at radius 2 is 1.56 bits per heavy atom. The minimum absolute atomic E-state index is 0.0768. The zero-order valence-corrected chi connectivity index (χ0v) is 19.3. The quantitative estimate of drug-likeness (QED) is 0.238. The molecule has 0 aliphatic rings. The molecule has 0 spiro atoms. The lowest BCUT2D eigenvalue weighted by atomic mass is 10.1. The summed E-state index contributed by atoms with van der Waals surface area (Å²) in [5.74, 6) is 0.948. The molecule has 0 aliphatic heterocycles. The molecular weight excluding hydrogens is 434 g/mol. The summed E-state index contributed by atoms with van der Waals surface area (Å²) in [5.41, 5.74) is 3.25. The molecule has 0 heterocycles. The second-order valence-electron chi connectivity index (χ2n) is 7.40. The van der Waals surface area contributed by atoms with Crippen molar-refractivity contribution in [1.82, 2.24) is 0 Å². The van der Waals surface area contributed by atoms with Crippen molar-refractivity contribution in [3.63, 3.8) is 0 Å². The van der Waals surface area contributed by atoms with E-state index in [-0.39, 0.29) is 13.0 Å². The van der Waals surface area contributed by atoms with E-state index in [4.69, 9.17) is 19.0 Å². The number of benzene rings is 3. The van der Waals surface area contributed by atoms with E-state index >= 15 is 0 Å². The van der Waals surface area contributed by atoms with Crippen molar-refractivity contribution < 1.29 is 28.9 Å². The molecule has 0 bridgehead atoms. The van der Waals surface area contributed by atoms with Gasteiger partial charge < -0.3 is 24.2 Å². The number of ether oxygens (including phenoxy) is 3. The summed E-state index contributed by atoms with van der Waals surface area (Å²) in [5, 5.41) is 14.2. The molecule has 3 aromatic rings. The molecule has 178 valence electrons. The molecule has 1 unspecified atom stereocenters. The maximum atomic E-state index is 11.5. The van der Waals surface area contributed by atoms with Crippen LogP contribution >= 0.6 is 0 Å². The van der Waals surface area contributed by atoms with Crippen LogP contribution in [0.15, 0.2) is 84.0 Å². The van der Waals surface area contributed by atoms with Gasteiger partial charge in [0.15, 0.2) is 0 Å². The van der Waals surface area contributed by atoms with Crippen molar-refractivity contribution in [2.24, 2.45) is 5.16 Å². The van der Waals surface area contributed by atoms with Crippen LogP contribution in [0, 0.1) is 0 Å². The summed E-state index contributed by atoms with van der Waals surface area (Å²) in [6.45, 7) is 2.69. The van der Waals surface area contributed by atoms with E-state index in [0.29, 0.717) is 36.0 Å². The zero-order chi connectivity index (χ0) is 24.2. The average Bonchev–Trinajstić information content (AvgIpc) is 2.87. The number of hydrogen-bond acceptors (Lipinski definition) is 7. The van der Waals surface area contributed by atoms with E-state index in [1.165, 1.54) is 7.11 Å². The first-order chi connectivity index (χ1) is 16.6. The summed E-state index contributed by atoms with van der Waals surface area (Å²) in [6.07, 6.45) is -0.982. The fraction of sp³-hybridized carbons (Fsp3) is 0.259. The van der Waals surface area contributed by atoms with Gasteiger partial charge in [-0.05, 0) is 42.3 Å². The molecule has 1 atom stereocenters. The minimum Gasteiger partial charge on any atom is -0.489 e. The molecule has 0 radical (unpaired) electrons. The highest BCUT2D eigenvalue weighted by atomic mass is 16.6. The Bertz CT molecular complexity index is 1050. The molecule has 0 saturated heterocycles. The van der Waals surface area contributed by atoms with Gasteiger partial charge >= 0.3 is 5.97 Å². The number of aliphatic hydroxyl groups excluding tert-OH is 1. The maximum Gasteiger partial charge on any atom is 0.308 e. The van der Waals surface area contributed by atoms with Gasteiger partial charge in [-0.15, -0.1) is 0 Å². The van der Waals surface area contributed by atoms with Gasteiger partial charge in [-0.3, -0.25) is 4.79 Å². The molecule has 0 saturated carbocycles. The standard InChI is InChI=1S/C27H29NO6/c1-3-32-27(30)17-26(29)22-11-15-24(16-12-22)33-18-20-9-13-23(14-10-20)34-19-25(28-31-2)21-7-5-4-6-8-21/h4-16,26,29H,3,17-19H2,1-2H3/b28-25-. The largest absolute Gasteiger partial charge is 0.489 e. The molecule has 0 aromatic heterocycles. The van der Waals surface area contributed by atoms with Crippen molar-refractivity contribution in [2.75, 3.05) is 20.3 Å². The summed E-state index contributed by atoms with van der Waals surface area (Å²) >= 11 is 0. The Morgan fingerprint density at radius 3 is 2.21 bits per heavy atom. The molecule has 7 nitrogen and oxygen atoms in total. The highest BCUT2D eigenvalue weighted by Crippen LogP contribution is 2.22. The first-order valence-corrected chi connectivity index (χ1v) is 11.0. The van der Waals surface area contributed by atoms with E-state index in [1.54, 1.807) is 31.2 Å². The number of carbonyl (C=O) groups excluding carboxylic acids is 1. The van der Waals surface area contributed by atoms with Gasteiger partial charge in [0.25, 0.3) is 0 Å². The van der Waals surface area contributed by atoms with Gasteiger partial charge in [-0.1, -0.05) is 59.8 Å². The lowest BCUT2D eigenvalue weighted by Crippen LogP contribution is -2.13. The summed E-state index contributed by atoms with van der Waals surface area (Å²) in [4.78, 5) is 16.5. The maximum absolute atomic E-state index is 11.5. The van der Waals surface area contributed by atoms with Crippen LogP contribution in [-0.4, -0.2) is 37.1 Å². The van der Waals surface area contributed by atoms with Crippen LogP contribution in [0.1, 0.15) is 36.1 Å². The van der Waals surface area contributed by atoms with E-state index in [2.05, 4.69) is 5.16 Å². The van der Waals surface area contributed by atoms with Crippen molar-refractivity contribution >= 4 is 11.7 Å². The van der Waals surface area contributed by atoms with Crippen LogP contribution in [-0.2, 0) is 21.0 Å². The number of carbonyl (C=O) groups is 1. The van der Waals surface area contributed by atoms with Crippen LogP contribution in [0.2, 0.25) is 0 Å². The third-order valence-corrected chi connectivity index (χ3v) is 4.94. The summed E-state index contributed by atoms with van der Waals surface area (Å²) < 4.78 is 16.6. The molecule has 0 amide bonds. The first kappa shape index (κ1) is 24.8. The number of esters is 1. The Labute approximate surface area is 199 Å². The van der Waals surface area contributed by atoms with Crippen molar-refractivity contribution in [1.29, 1.82) is 0 Å². The molecule has 7 heteroatoms. The van der Waals surface area contributed by atoms with E-state index in [1.807, 2.05) is 54.6 Å². The average molecular weight is 464 g/mol. The van der Waals surface area contributed by atoms with Gasteiger partial charge in [0.1, 0.15) is 37.5 Å². The monoisotopic (exact) mass is 463 g/mol. The SMILES string of the molecule is CCOC(=O)CC(O)c1ccc(OCc2ccc(OC/C(=N/OC)c3ccccc3)cc2)cc1. The Balaban J connectivity index is 1.49. The molecule has 3 aromatic carbocycles. The van der Waals surface area contributed by atoms with Crippen LogP contribution in [0.3, 0.4) is 0 Å². The minimum atomic E-state index is -0.906. The topological polar surface area (TPSA) is 86.6 Å². The van der Waals surface area contributed by atoms with Gasteiger partial charge in [-0.25, -0.2) is 0 Å². The highest BCUT2D eigenvalue weighted by molar-refractivity contribution is 6.01. The highest BCUT2D eigenvalue weighted by Gasteiger charge is 2.14. The predicted octanol–water partition coefficient (Wildman–Crippen LogP) is 4.68. The number of hydrogen-bond donors (Lipinski definition) is 1. The lowest BCUT2D eigenvalue weighted by Gasteiger charge is -2.12. The molecular formula is C27H29NO6. The van der Waals surface area contributed by atoms with E-state index in [9.17, 15) is 9.90 Å². The van der Waals surface area contributed by atoms with E-state index in [0.717, 1.165) is 11.1 Å². The number of oxime groups is 1. The fourth-order valence-electron chi connectivity index (χ4n) is 3.19.